The zero-order chi connectivity index (χ0) is 27.0. The molecule has 2 aromatic heterocycles. The molecule has 0 saturated heterocycles. The molecule has 0 amide bonds. The summed E-state index contributed by atoms with van der Waals surface area (Å²) in [5, 5.41) is 16.2. The molecule has 5 rings (SSSR count). The van der Waals surface area contributed by atoms with Gasteiger partial charge in [-0.3, -0.25) is 0 Å². The molecule has 37 heavy (non-hydrogen) atoms. The zero-order valence-electron chi connectivity index (χ0n) is 20.5. The van der Waals surface area contributed by atoms with Gasteiger partial charge in [-0.05, 0) is 61.0 Å². The van der Waals surface area contributed by atoms with Gasteiger partial charge in [-0.1, -0.05) is 18.2 Å². The van der Waals surface area contributed by atoms with Gasteiger partial charge < -0.3 is 15.0 Å². The van der Waals surface area contributed by atoms with Crippen LogP contribution in [0.2, 0.25) is 0 Å². The van der Waals surface area contributed by atoms with Crippen LogP contribution in [0, 0.1) is 5.82 Å². The fraction of sp³-hybridized carbons (Fsp3) is 0.179. The average molecular weight is 511 g/mol. The minimum atomic E-state index is -5.00. The summed E-state index contributed by atoms with van der Waals surface area (Å²) in [6, 6.07) is 14.6. The maximum Gasteiger partial charge on any atom is 0.425 e. The summed E-state index contributed by atoms with van der Waals surface area (Å²) in [6.07, 6.45) is -0.635. The Hall–Kier alpha value is -4.11. The van der Waals surface area contributed by atoms with Crippen molar-refractivity contribution in [3.63, 3.8) is 0 Å². The van der Waals surface area contributed by atoms with Crippen LogP contribution in [-0.4, -0.2) is 40.1 Å². The fourth-order valence-corrected chi connectivity index (χ4v) is 4.21. The highest BCUT2D eigenvalue weighted by molar-refractivity contribution is 5.88. The second-order valence-corrected chi connectivity index (χ2v) is 8.75. The van der Waals surface area contributed by atoms with Gasteiger partial charge in [0.2, 0.25) is 5.60 Å². The third-order valence-electron chi connectivity index (χ3n) is 6.04. The van der Waals surface area contributed by atoms with Gasteiger partial charge >= 0.3 is 6.18 Å². The Balaban J connectivity index is 0.00000102. The van der Waals surface area contributed by atoms with E-state index in [-0.39, 0.29) is 16.5 Å². The highest BCUT2D eigenvalue weighted by atomic mass is 19.4. The van der Waals surface area contributed by atoms with Crippen LogP contribution in [0.4, 0.5) is 23.2 Å². The van der Waals surface area contributed by atoms with Gasteiger partial charge in [0.05, 0.1) is 17.4 Å². The van der Waals surface area contributed by atoms with Crippen molar-refractivity contribution in [3.8, 4) is 5.69 Å². The number of halogens is 4. The minimum Gasteiger partial charge on any atom is -0.378 e. The van der Waals surface area contributed by atoms with E-state index in [0.717, 1.165) is 5.69 Å². The highest BCUT2D eigenvalue weighted by Crippen LogP contribution is 2.47. The van der Waals surface area contributed by atoms with Crippen LogP contribution in [0.25, 0.3) is 27.5 Å². The molecule has 0 saturated carbocycles. The summed E-state index contributed by atoms with van der Waals surface area (Å²) in [6.45, 7) is 5.25. The van der Waals surface area contributed by atoms with Gasteiger partial charge in [0, 0.05) is 47.8 Å². The van der Waals surface area contributed by atoms with Gasteiger partial charge in [0.1, 0.15) is 5.82 Å². The van der Waals surface area contributed by atoms with E-state index in [9.17, 15) is 22.7 Å². The van der Waals surface area contributed by atoms with Gasteiger partial charge in [-0.25, -0.2) is 9.07 Å². The molecule has 0 fully saturated rings. The molecule has 0 bridgehead atoms. The molecule has 9 heteroatoms. The Morgan fingerprint density at radius 3 is 2.32 bits per heavy atom. The number of hydrogen-bond acceptors (Lipinski definition) is 3. The summed E-state index contributed by atoms with van der Waals surface area (Å²) < 4.78 is 58.2. The Morgan fingerprint density at radius 2 is 1.70 bits per heavy atom. The monoisotopic (exact) mass is 510 g/mol. The molecule has 3 aromatic carbocycles. The predicted molar refractivity (Wildman–Crippen MR) is 139 cm³/mol. The number of rotatable bonds is 4. The number of nitrogens with one attached hydrogen (secondary N) is 1. The molecule has 0 aliphatic rings. The first-order valence-corrected chi connectivity index (χ1v) is 11.4. The molecule has 2 N–H and O–H groups in total. The first-order chi connectivity index (χ1) is 17.5. The molecule has 1 atom stereocenters. The molecule has 0 aliphatic heterocycles. The lowest BCUT2D eigenvalue weighted by atomic mass is 9.85. The van der Waals surface area contributed by atoms with E-state index in [1.165, 1.54) is 59.5 Å². The van der Waals surface area contributed by atoms with Crippen molar-refractivity contribution < 1.29 is 22.7 Å². The molecule has 192 valence electrons. The molecule has 5 aromatic rings. The first-order valence-electron chi connectivity index (χ1n) is 11.4. The third kappa shape index (κ3) is 4.58. The fourth-order valence-electron chi connectivity index (χ4n) is 4.21. The molecule has 5 nitrogen and oxygen atoms in total. The van der Waals surface area contributed by atoms with E-state index in [0.29, 0.717) is 22.1 Å². The molecule has 0 spiro atoms. The van der Waals surface area contributed by atoms with E-state index >= 15 is 0 Å². The molecule has 0 radical (unpaired) electrons. The van der Waals surface area contributed by atoms with E-state index in [4.69, 9.17) is 0 Å². The summed E-state index contributed by atoms with van der Waals surface area (Å²) in [5.74, 6) is -0.408. The Bertz CT molecular complexity index is 1550. The number of nitrogens with zero attached hydrogens (tertiary/aromatic N) is 3. The van der Waals surface area contributed by atoms with Gasteiger partial charge in [0.15, 0.2) is 0 Å². The van der Waals surface area contributed by atoms with Crippen LogP contribution >= 0.6 is 0 Å². The highest BCUT2D eigenvalue weighted by Gasteiger charge is 2.57. The molecule has 2 heterocycles. The predicted octanol–water partition coefficient (Wildman–Crippen LogP) is 6.70. The topological polar surface area (TPSA) is 57.1 Å². The number of benzene rings is 3. The zero-order valence-corrected chi connectivity index (χ0v) is 20.5. The van der Waals surface area contributed by atoms with E-state index < -0.39 is 17.6 Å². The van der Waals surface area contributed by atoms with Crippen molar-refractivity contribution in [2.24, 2.45) is 0 Å². The largest absolute Gasteiger partial charge is 0.425 e. The number of aromatic amines is 1. The molecular formula is C28H26F4N4O. The Labute approximate surface area is 211 Å². The maximum absolute atomic E-state index is 14.5. The van der Waals surface area contributed by atoms with Gasteiger partial charge in [0.25, 0.3) is 0 Å². The van der Waals surface area contributed by atoms with Crippen molar-refractivity contribution in [2.45, 2.75) is 18.7 Å². The first kappa shape index (κ1) is 26.0. The van der Waals surface area contributed by atoms with Gasteiger partial charge in [-0.15, -0.1) is 6.58 Å². The van der Waals surface area contributed by atoms with Crippen molar-refractivity contribution in [3.05, 3.63) is 103 Å². The molecule has 1 unspecified atom stereocenters. The van der Waals surface area contributed by atoms with Gasteiger partial charge in [-0.2, -0.15) is 18.3 Å². The van der Waals surface area contributed by atoms with E-state index in [1.807, 2.05) is 25.9 Å². The number of hydrogen-bond donors (Lipinski definition) is 2. The van der Waals surface area contributed by atoms with Crippen molar-refractivity contribution in [2.75, 3.05) is 19.0 Å². The summed E-state index contributed by atoms with van der Waals surface area (Å²) in [7, 11) is 3.66. The third-order valence-corrected chi connectivity index (χ3v) is 6.04. The van der Waals surface area contributed by atoms with Crippen molar-refractivity contribution >= 4 is 27.5 Å². The number of H-pyrrole nitrogens is 1. The number of aromatic nitrogens is 3. The lowest BCUT2D eigenvalue weighted by molar-refractivity contribution is -0.247. The Kier molecular flexibility index (Phi) is 6.84. The average Bonchev–Trinajstić information content (AvgIpc) is 3.47. The number of allylic oxidation sites excluding steroid dienone is 1. The van der Waals surface area contributed by atoms with Crippen LogP contribution in [0.15, 0.2) is 85.7 Å². The number of alkyl halides is 3. The summed E-state index contributed by atoms with van der Waals surface area (Å²) in [5.41, 5.74) is -1.50. The molecular weight excluding hydrogens is 484 g/mol. The molecule has 0 aliphatic carbocycles. The number of anilines is 1. The summed E-state index contributed by atoms with van der Waals surface area (Å²) in [4.78, 5) is 4.70. The van der Waals surface area contributed by atoms with Crippen LogP contribution < -0.4 is 4.90 Å². The van der Waals surface area contributed by atoms with Crippen molar-refractivity contribution in [1.29, 1.82) is 0 Å². The minimum absolute atomic E-state index is 0.271. The smallest absolute Gasteiger partial charge is 0.378 e. The second kappa shape index (κ2) is 9.74. The standard InChI is InChI=1S/C25H20F4N4O.C3H6/c1-32(2)19-8-9-20-21(14-30-22(20)12-19)24(34,25(27,28)29)16-3-10-23-15(11-16)13-31-33(23)18-6-4-17(26)5-7-18;1-3-2/h3-14,30,34H,1-2H3;3H,1H2,2H3. The maximum atomic E-state index is 14.5. The van der Waals surface area contributed by atoms with Crippen molar-refractivity contribution in [1.82, 2.24) is 14.8 Å². The summed E-state index contributed by atoms with van der Waals surface area (Å²) >= 11 is 0. The second-order valence-electron chi connectivity index (χ2n) is 8.75. The van der Waals surface area contributed by atoms with Crippen LogP contribution in [0.3, 0.4) is 0 Å². The lowest BCUT2D eigenvalue weighted by Gasteiger charge is -2.31. The Morgan fingerprint density at radius 1 is 1.03 bits per heavy atom. The quantitative estimate of drug-likeness (QED) is 0.209. The van der Waals surface area contributed by atoms with E-state index in [2.05, 4.69) is 16.7 Å². The number of aliphatic hydroxyl groups is 1. The van der Waals surface area contributed by atoms with Crippen LogP contribution in [0.1, 0.15) is 18.1 Å². The van der Waals surface area contributed by atoms with Crippen LogP contribution in [0.5, 0.6) is 0 Å². The SMILES string of the molecule is C=CC.CN(C)c1ccc2c(C(O)(c3ccc4c(cnn4-c4ccc(F)cc4)c3)C(F)(F)F)c[nH]c2c1. The normalized spacial score (nSPS) is 13.2. The number of fused-ring (bicyclic) bond motifs is 2. The van der Waals surface area contributed by atoms with E-state index in [1.54, 1.807) is 24.3 Å². The van der Waals surface area contributed by atoms with Crippen LogP contribution in [-0.2, 0) is 5.60 Å². The lowest BCUT2D eigenvalue weighted by Crippen LogP contribution is -2.43.